The molecule has 1 saturated heterocycles. The maximum absolute atomic E-state index is 12.7. The molecular weight excluding hydrogens is 400 g/mol. The van der Waals surface area contributed by atoms with E-state index in [1.165, 1.54) is 11.1 Å². The average molecular weight is 427 g/mol. The van der Waals surface area contributed by atoms with E-state index in [0.717, 1.165) is 45.6 Å². The fourth-order valence-electron chi connectivity index (χ4n) is 3.53. The van der Waals surface area contributed by atoms with Crippen LogP contribution in [0.15, 0.2) is 30.3 Å². The van der Waals surface area contributed by atoms with Crippen LogP contribution in [0.1, 0.15) is 11.1 Å². The lowest BCUT2D eigenvalue weighted by atomic mass is 10.1. The van der Waals surface area contributed by atoms with Gasteiger partial charge in [-0.3, -0.25) is 0 Å². The number of urea groups is 1. The van der Waals surface area contributed by atoms with E-state index in [1.54, 1.807) is 25.6 Å². The van der Waals surface area contributed by atoms with Crippen LogP contribution < -0.4 is 19.7 Å². The number of methoxy groups -OCH3 is 2. The standard InChI is InChI=1S/C22H26N4O3S/c1-14-5-6-16(13-15(14)2)23-21(27)25-9-11-26(12-10-25)22-24-19-17(28-3)7-8-18(29-4)20(19)30-22/h5-8,13H,9-12H2,1-4H3,(H,23,27). The smallest absolute Gasteiger partial charge is 0.321 e. The number of aromatic nitrogens is 1. The molecule has 8 heteroatoms. The summed E-state index contributed by atoms with van der Waals surface area (Å²) < 4.78 is 11.9. The third kappa shape index (κ3) is 3.87. The van der Waals surface area contributed by atoms with Crippen LogP contribution in [0.5, 0.6) is 11.5 Å². The maximum Gasteiger partial charge on any atom is 0.321 e. The highest BCUT2D eigenvalue weighted by atomic mass is 32.1. The minimum atomic E-state index is -0.0643. The Morgan fingerprint density at radius 1 is 1.00 bits per heavy atom. The number of amides is 2. The van der Waals surface area contributed by atoms with Crippen molar-refractivity contribution in [2.24, 2.45) is 0 Å². The van der Waals surface area contributed by atoms with E-state index >= 15 is 0 Å². The summed E-state index contributed by atoms with van der Waals surface area (Å²) in [6.07, 6.45) is 0. The van der Waals surface area contributed by atoms with Crippen LogP contribution in [0, 0.1) is 13.8 Å². The molecule has 0 unspecified atom stereocenters. The highest BCUT2D eigenvalue weighted by molar-refractivity contribution is 7.22. The Labute approximate surface area is 180 Å². The van der Waals surface area contributed by atoms with E-state index in [1.807, 2.05) is 42.2 Å². The Morgan fingerprint density at radius 3 is 2.37 bits per heavy atom. The van der Waals surface area contributed by atoms with Crippen molar-refractivity contribution in [3.8, 4) is 11.5 Å². The quantitative estimate of drug-likeness (QED) is 0.674. The van der Waals surface area contributed by atoms with Crippen LogP contribution in [0.4, 0.5) is 15.6 Å². The first-order valence-corrected chi connectivity index (χ1v) is 10.7. The summed E-state index contributed by atoms with van der Waals surface area (Å²) in [5, 5.41) is 3.93. The first-order valence-electron chi connectivity index (χ1n) is 9.90. The molecule has 0 spiro atoms. The molecule has 158 valence electrons. The normalized spacial score (nSPS) is 14.1. The third-order valence-electron chi connectivity index (χ3n) is 5.49. The SMILES string of the molecule is COc1ccc(OC)c2sc(N3CCN(C(=O)Nc4ccc(C)c(C)c4)CC3)nc12. The number of nitrogens with one attached hydrogen (secondary N) is 1. The number of fused-ring (bicyclic) bond motifs is 1. The van der Waals surface area contributed by atoms with Gasteiger partial charge in [-0.15, -0.1) is 0 Å². The van der Waals surface area contributed by atoms with Crippen LogP contribution in [-0.2, 0) is 0 Å². The number of hydrogen-bond acceptors (Lipinski definition) is 6. The highest BCUT2D eigenvalue weighted by Gasteiger charge is 2.24. The number of thiazole rings is 1. The van der Waals surface area contributed by atoms with Gasteiger partial charge in [-0.1, -0.05) is 17.4 Å². The molecule has 0 aliphatic carbocycles. The number of benzene rings is 2. The van der Waals surface area contributed by atoms with Gasteiger partial charge in [0.1, 0.15) is 21.7 Å². The summed E-state index contributed by atoms with van der Waals surface area (Å²) in [5.41, 5.74) is 4.02. The van der Waals surface area contributed by atoms with E-state index in [4.69, 9.17) is 14.5 Å². The van der Waals surface area contributed by atoms with Gasteiger partial charge < -0.3 is 24.6 Å². The zero-order valence-corrected chi connectivity index (χ0v) is 18.5. The van der Waals surface area contributed by atoms with E-state index in [-0.39, 0.29) is 6.03 Å². The number of carbonyl (C=O) groups excluding carboxylic acids is 1. The zero-order chi connectivity index (χ0) is 21.3. The molecule has 2 aromatic carbocycles. The van der Waals surface area contributed by atoms with Gasteiger partial charge >= 0.3 is 6.03 Å². The molecule has 0 saturated carbocycles. The number of nitrogens with zero attached hydrogens (tertiary/aromatic N) is 3. The van der Waals surface area contributed by atoms with Crippen LogP contribution in [0.2, 0.25) is 0 Å². The zero-order valence-electron chi connectivity index (χ0n) is 17.7. The molecule has 1 aliphatic heterocycles. The van der Waals surface area contributed by atoms with Gasteiger partial charge in [-0.2, -0.15) is 0 Å². The van der Waals surface area contributed by atoms with Crippen LogP contribution in [-0.4, -0.2) is 56.3 Å². The van der Waals surface area contributed by atoms with Gasteiger partial charge in [0.2, 0.25) is 0 Å². The summed E-state index contributed by atoms with van der Waals surface area (Å²) in [7, 11) is 3.31. The second-order valence-corrected chi connectivity index (χ2v) is 8.33. The fraction of sp³-hybridized carbons (Fsp3) is 0.364. The lowest BCUT2D eigenvalue weighted by Crippen LogP contribution is -2.50. The van der Waals surface area contributed by atoms with Crippen molar-refractivity contribution in [3.05, 3.63) is 41.5 Å². The molecule has 0 radical (unpaired) electrons. The molecule has 4 rings (SSSR count). The van der Waals surface area contributed by atoms with Gasteiger partial charge in [0.25, 0.3) is 0 Å². The van der Waals surface area contributed by atoms with Crippen molar-refractivity contribution >= 4 is 38.4 Å². The van der Waals surface area contributed by atoms with Crippen molar-refractivity contribution in [2.45, 2.75) is 13.8 Å². The molecule has 0 atom stereocenters. The molecule has 2 heterocycles. The van der Waals surface area contributed by atoms with Gasteiger partial charge in [0.15, 0.2) is 5.13 Å². The Hall–Kier alpha value is -3.00. The largest absolute Gasteiger partial charge is 0.495 e. The number of rotatable bonds is 4. The summed E-state index contributed by atoms with van der Waals surface area (Å²) in [4.78, 5) is 21.5. The van der Waals surface area contributed by atoms with Gasteiger partial charge in [-0.05, 0) is 49.2 Å². The predicted octanol–water partition coefficient (Wildman–Crippen LogP) is 4.28. The van der Waals surface area contributed by atoms with Gasteiger partial charge in [0, 0.05) is 31.9 Å². The average Bonchev–Trinajstić information content (AvgIpc) is 3.21. The monoisotopic (exact) mass is 426 g/mol. The molecule has 3 aromatic rings. The summed E-state index contributed by atoms with van der Waals surface area (Å²) in [6, 6.07) is 9.69. The van der Waals surface area contributed by atoms with Gasteiger partial charge in [-0.25, -0.2) is 9.78 Å². The number of carbonyl (C=O) groups is 1. The fourth-order valence-corrected chi connectivity index (χ4v) is 4.66. The van der Waals surface area contributed by atoms with Crippen molar-refractivity contribution in [2.75, 3.05) is 50.6 Å². The first-order chi connectivity index (χ1) is 14.5. The molecule has 2 amide bonds. The van der Waals surface area contributed by atoms with Crippen molar-refractivity contribution < 1.29 is 14.3 Å². The summed E-state index contributed by atoms with van der Waals surface area (Å²) in [6.45, 7) is 6.84. The molecule has 7 nitrogen and oxygen atoms in total. The van der Waals surface area contributed by atoms with E-state index in [2.05, 4.69) is 17.1 Å². The molecular formula is C22H26N4O3S. The Kier molecular flexibility index (Phi) is 5.67. The minimum Gasteiger partial charge on any atom is -0.495 e. The van der Waals surface area contributed by atoms with Crippen molar-refractivity contribution in [1.29, 1.82) is 0 Å². The van der Waals surface area contributed by atoms with E-state index < -0.39 is 0 Å². The topological polar surface area (TPSA) is 66.9 Å². The maximum atomic E-state index is 12.7. The molecule has 0 bridgehead atoms. The Balaban J connectivity index is 1.44. The lowest BCUT2D eigenvalue weighted by molar-refractivity contribution is 0.208. The second kappa shape index (κ2) is 8.39. The number of ether oxygens (including phenoxy) is 2. The molecule has 1 fully saturated rings. The number of anilines is 2. The van der Waals surface area contributed by atoms with Crippen LogP contribution in [0.3, 0.4) is 0 Å². The molecule has 1 aromatic heterocycles. The molecule has 1 N–H and O–H groups in total. The number of piperazine rings is 1. The summed E-state index contributed by atoms with van der Waals surface area (Å²) >= 11 is 1.59. The second-order valence-electron chi connectivity index (χ2n) is 7.35. The molecule has 30 heavy (non-hydrogen) atoms. The molecule has 1 aliphatic rings. The van der Waals surface area contributed by atoms with Crippen molar-refractivity contribution in [3.63, 3.8) is 0 Å². The number of aryl methyl sites for hydroxylation is 2. The van der Waals surface area contributed by atoms with E-state index in [0.29, 0.717) is 13.1 Å². The Morgan fingerprint density at radius 2 is 1.70 bits per heavy atom. The lowest BCUT2D eigenvalue weighted by Gasteiger charge is -2.34. The van der Waals surface area contributed by atoms with E-state index in [9.17, 15) is 4.79 Å². The summed E-state index contributed by atoms with van der Waals surface area (Å²) in [5.74, 6) is 1.53. The van der Waals surface area contributed by atoms with Crippen LogP contribution >= 0.6 is 11.3 Å². The Bertz CT molecular complexity index is 1030. The number of hydrogen-bond donors (Lipinski definition) is 1. The predicted molar refractivity (Wildman–Crippen MR) is 121 cm³/mol. The van der Waals surface area contributed by atoms with Crippen LogP contribution in [0.25, 0.3) is 10.2 Å². The first kappa shape index (κ1) is 20.3. The van der Waals surface area contributed by atoms with Crippen molar-refractivity contribution in [1.82, 2.24) is 9.88 Å². The third-order valence-corrected chi connectivity index (χ3v) is 6.63. The minimum absolute atomic E-state index is 0.0643. The highest BCUT2D eigenvalue weighted by Crippen LogP contribution is 2.40. The van der Waals surface area contributed by atoms with Gasteiger partial charge in [0.05, 0.1) is 14.2 Å².